The first kappa shape index (κ1) is 7.58. The molecule has 0 aromatic carbocycles. The van der Waals surface area contributed by atoms with Crippen molar-refractivity contribution in [1.82, 2.24) is 0 Å². The SMILES string of the molecule is C[C@@H]1CCC[C@H]1CC(=O)O. The standard InChI is InChI=1S/C8H14O2/c1-6-3-2-4-7(6)5-8(9)10/h6-7H,2-5H2,1H3,(H,9,10)/t6-,7+/m1/s1. The molecule has 0 radical (unpaired) electrons. The van der Waals surface area contributed by atoms with Crippen LogP contribution in [0.25, 0.3) is 0 Å². The van der Waals surface area contributed by atoms with Gasteiger partial charge < -0.3 is 5.11 Å². The molecule has 0 spiro atoms. The molecule has 1 saturated carbocycles. The summed E-state index contributed by atoms with van der Waals surface area (Å²) in [6.07, 6.45) is 3.94. The summed E-state index contributed by atoms with van der Waals surface area (Å²) >= 11 is 0. The van der Waals surface area contributed by atoms with Crippen molar-refractivity contribution in [2.45, 2.75) is 32.6 Å². The Kier molecular flexibility index (Phi) is 2.30. The Morgan fingerprint density at radius 3 is 2.70 bits per heavy atom. The number of carboxylic acid groups (broad SMARTS) is 1. The molecule has 0 heterocycles. The molecule has 1 aliphatic rings. The lowest BCUT2D eigenvalue weighted by Gasteiger charge is -2.10. The summed E-state index contributed by atoms with van der Waals surface area (Å²) in [6.45, 7) is 2.15. The maximum absolute atomic E-state index is 10.3. The summed E-state index contributed by atoms with van der Waals surface area (Å²) in [4.78, 5) is 10.3. The van der Waals surface area contributed by atoms with E-state index in [9.17, 15) is 4.79 Å². The first-order valence-electron chi connectivity index (χ1n) is 3.92. The molecule has 2 heteroatoms. The van der Waals surface area contributed by atoms with Gasteiger partial charge in [0.15, 0.2) is 0 Å². The topological polar surface area (TPSA) is 37.3 Å². The third-order valence-corrected chi connectivity index (χ3v) is 2.48. The minimum absolute atomic E-state index is 0.376. The van der Waals surface area contributed by atoms with Crippen molar-refractivity contribution in [3.05, 3.63) is 0 Å². The van der Waals surface area contributed by atoms with E-state index in [0.29, 0.717) is 18.3 Å². The third kappa shape index (κ3) is 1.72. The average Bonchev–Trinajstić information content (AvgIpc) is 2.15. The number of hydrogen-bond acceptors (Lipinski definition) is 1. The van der Waals surface area contributed by atoms with Crippen LogP contribution < -0.4 is 0 Å². The lowest BCUT2D eigenvalue weighted by Crippen LogP contribution is -2.09. The Balaban J connectivity index is 2.33. The van der Waals surface area contributed by atoms with Crippen molar-refractivity contribution in [1.29, 1.82) is 0 Å². The fourth-order valence-corrected chi connectivity index (χ4v) is 1.75. The van der Waals surface area contributed by atoms with Crippen molar-refractivity contribution in [3.8, 4) is 0 Å². The van der Waals surface area contributed by atoms with Gasteiger partial charge in [-0.3, -0.25) is 4.79 Å². The third-order valence-electron chi connectivity index (χ3n) is 2.48. The first-order chi connectivity index (χ1) is 4.70. The number of aliphatic carboxylic acids is 1. The molecular weight excluding hydrogens is 128 g/mol. The van der Waals surface area contributed by atoms with Gasteiger partial charge >= 0.3 is 5.97 Å². The molecule has 1 aliphatic carbocycles. The van der Waals surface area contributed by atoms with E-state index in [1.54, 1.807) is 0 Å². The fourth-order valence-electron chi connectivity index (χ4n) is 1.75. The minimum atomic E-state index is -0.640. The molecule has 2 nitrogen and oxygen atoms in total. The Morgan fingerprint density at radius 2 is 2.30 bits per heavy atom. The summed E-state index contributed by atoms with van der Waals surface area (Å²) in [5.74, 6) is 0.451. The summed E-state index contributed by atoms with van der Waals surface area (Å²) in [7, 11) is 0. The van der Waals surface area contributed by atoms with Crippen LogP contribution in [0.4, 0.5) is 0 Å². The van der Waals surface area contributed by atoms with Gasteiger partial charge in [-0.1, -0.05) is 19.8 Å². The van der Waals surface area contributed by atoms with E-state index in [-0.39, 0.29) is 0 Å². The highest BCUT2D eigenvalue weighted by molar-refractivity contribution is 5.67. The van der Waals surface area contributed by atoms with Crippen LogP contribution in [0.1, 0.15) is 32.6 Å². The zero-order valence-electron chi connectivity index (χ0n) is 6.34. The molecule has 0 saturated heterocycles. The van der Waals surface area contributed by atoms with E-state index in [0.717, 1.165) is 6.42 Å². The molecule has 2 atom stereocenters. The normalized spacial score (nSPS) is 32.5. The molecule has 0 unspecified atom stereocenters. The Morgan fingerprint density at radius 1 is 1.60 bits per heavy atom. The zero-order valence-corrected chi connectivity index (χ0v) is 6.34. The van der Waals surface area contributed by atoms with Gasteiger partial charge in [0.25, 0.3) is 0 Å². The van der Waals surface area contributed by atoms with E-state index in [1.807, 2.05) is 0 Å². The van der Waals surface area contributed by atoms with Crippen LogP contribution in [-0.2, 0) is 4.79 Å². The number of rotatable bonds is 2. The summed E-state index contributed by atoms with van der Waals surface area (Å²) < 4.78 is 0. The summed E-state index contributed by atoms with van der Waals surface area (Å²) in [6, 6.07) is 0. The number of hydrogen-bond donors (Lipinski definition) is 1. The predicted octanol–water partition coefficient (Wildman–Crippen LogP) is 1.90. The van der Waals surface area contributed by atoms with Gasteiger partial charge in [0, 0.05) is 6.42 Å². The molecule has 1 N–H and O–H groups in total. The smallest absolute Gasteiger partial charge is 0.303 e. The van der Waals surface area contributed by atoms with Crippen LogP contribution in [-0.4, -0.2) is 11.1 Å². The van der Waals surface area contributed by atoms with Crippen LogP contribution in [0, 0.1) is 11.8 Å². The van der Waals surface area contributed by atoms with Gasteiger partial charge in [0.1, 0.15) is 0 Å². The Hall–Kier alpha value is -0.530. The molecule has 1 rings (SSSR count). The van der Waals surface area contributed by atoms with E-state index < -0.39 is 5.97 Å². The quantitative estimate of drug-likeness (QED) is 0.639. The second-order valence-corrected chi connectivity index (χ2v) is 3.27. The maximum Gasteiger partial charge on any atom is 0.303 e. The molecule has 0 aromatic heterocycles. The second-order valence-electron chi connectivity index (χ2n) is 3.27. The summed E-state index contributed by atoms with van der Waals surface area (Å²) in [5.41, 5.74) is 0. The lowest BCUT2D eigenvalue weighted by molar-refractivity contribution is -0.138. The molecule has 58 valence electrons. The van der Waals surface area contributed by atoms with Crippen LogP contribution in [0.15, 0.2) is 0 Å². The highest BCUT2D eigenvalue weighted by Gasteiger charge is 2.24. The van der Waals surface area contributed by atoms with E-state index in [4.69, 9.17) is 5.11 Å². The fraction of sp³-hybridized carbons (Fsp3) is 0.875. The van der Waals surface area contributed by atoms with E-state index >= 15 is 0 Å². The average molecular weight is 142 g/mol. The molecule has 0 amide bonds. The van der Waals surface area contributed by atoms with Gasteiger partial charge in [0.2, 0.25) is 0 Å². The molecule has 10 heavy (non-hydrogen) atoms. The molecule has 1 fully saturated rings. The van der Waals surface area contributed by atoms with Crippen molar-refractivity contribution in [3.63, 3.8) is 0 Å². The largest absolute Gasteiger partial charge is 0.481 e. The molecule has 0 aliphatic heterocycles. The predicted molar refractivity (Wildman–Crippen MR) is 38.8 cm³/mol. The Bertz CT molecular complexity index is 131. The zero-order chi connectivity index (χ0) is 7.56. The van der Waals surface area contributed by atoms with Crippen molar-refractivity contribution < 1.29 is 9.90 Å². The van der Waals surface area contributed by atoms with Crippen LogP contribution in [0.2, 0.25) is 0 Å². The van der Waals surface area contributed by atoms with Crippen LogP contribution >= 0.6 is 0 Å². The highest BCUT2D eigenvalue weighted by Crippen LogP contribution is 2.33. The van der Waals surface area contributed by atoms with Crippen LogP contribution in [0.5, 0.6) is 0 Å². The van der Waals surface area contributed by atoms with Crippen LogP contribution in [0.3, 0.4) is 0 Å². The van der Waals surface area contributed by atoms with E-state index in [2.05, 4.69) is 6.92 Å². The molecular formula is C8H14O2. The molecule has 0 aromatic rings. The highest BCUT2D eigenvalue weighted by atomic mass is 16.4. The summed E-state index contributed by atoms with van der Waals surface area (Å²) in [5, 5.41) is 8.49. The van der Waals surface area contributed by atoms with Crippen molar-refractivity contribution in [2.24, 2.45) is 11.8 Å². The second kappa shape index (κ2) is 3.04. The lowest BCUT2D eigenvalue weighted by atomic mass is 9.95. The van der Waals surface area contributed by atoms with Gasteiger partial charge in [-0.2, -0.15) is 0 Å². The number of carboxylic acids is 1. The monoisotopic (exact) mass is 142 g/mol. The van der Waals surface area contributed by atoms with Crippen molar-refractivity contribution >= 4 is 5.97 Å². The minimum Gasteiger partial charge on any atom is -0.481 e. The van der Waals surface area contributed by atoms with Gasteiger partial charge in [-0.05, 0) is 18.3 Å². The molecule has 0 bridgehead atoms. The maximum atomic E-state index is 10.3. The van der Waals surface area contributed by atoms with E-state index in [1.165, 1.54) is 12.8 Å². The Labute approximate surface area is 61.2 Å². The first-order valence-corrected chi connectivity index (χ1v) is 3.92. The number of carbonyl (C=O) groups is 1. The van der Waals surface area contributed by atoms with Gasteiger partial charge in [-0.25, -0.2) is 0 Å². The van der Waals surface area contributed by atoms with Crippen molar-refractivity contribution in [2.75, 3.05) is 0 Å². The van der Waals surface area contributed by atoms with Gasteiger partial charge in [-0.15, -0.1) is 0 Å². The van der Waals surface area contributed by atoms with Gasteiger partial charge in [0.05, 0.1) is 0 Å².